The summed E-state index contributed by atoms with van der Waals surface area (Å²) < 4.78 is 0. The zero-order valence-corrected chi connectivity index (χ0v) is 8.35. The van der Waals surface area contributed by atoms with Gasteiger partial charge in [0.25, 0.3) is 0 Å². The quantitative estimate of drug-likeness (QED) is 0.618. The maximum Gasteiger partial charge on any atom is 0.0309 e. The summed E-state index contributed by atoms with van der Waals surface area (Å²) in [6.45, 7) is 11.9. The van der Waals surface area contributed by atoms with Gasteiger partial charge in [-0.3, -0.25) is 0 Å². The Morgan fingerprint density at radius 1 is 1.42 bits per heavy atom. The second-order valence-electron chi connectivity index (χ2n) is 3.00. The lowest BCUT2D eigenvalue weighted by atomic mass is 10.1. The Balaban J connectivity index is 4.10. The van der Waals surface area contributed by atoms with Gasteiger partial charge in [0, 0.05) is 6.04 Å². The summed E-state index contributed by atoms with van der Waals surface area (Å²) in [5.41, 5.74) is 2.17. The number of hydrogen-bond acceptors (Lipinski definition) is 1. The van der Waals surface area contributed by atoms with E-state index in [4.69, 9.17) is 0 Å². The van der Waals surface area contributed by atoms with Gasteiger partial charge in [-0.25, -0.2) is 0 Å². The molecule has 0 heterocycles. The molecule has 0 amide bonds. The Kier molecular flexibility index (Phi) is 5.39. The van der Waals surface area contributed by atoms with E-state index in [0.717, 1.165) is 17.6 Å². The topological polar surface area (TPSA) is 12.0 Å². The molecule has 1 unspecified atom stereocenters. The van der Waals surface area contributed by atoms with Gasteiger partial charge in [0.2, 0.25) is 0 Å². The maximum atomic E-state index is 3.98. The number of nitrogens with one attached hydrogen (secondary N) is 1. The fourth-order valence-corrected chi connectivity index (χ4v) is 1.02. The molecule has 1 heteroatoms. The summed E-state index contributed by atoms with van der Waals surface area (Å²) in [5.74, 6) is 0. The number of rotatable bonds is 5. The van der Waals surface area contributed by atoms with Crippen LogP contribution >= 0.6 is 0 Å². The van der Waals surface area contributed by atoms with E-state index in [0.29, 0.717) is 6.04 Å². The van der Waals surface area contributed by atoms with Gasteiger partial charge in [0.05, 0.1) is 0 Å². The van der Waals surface area contributed by atoms with E-state index in [1.807, 2.05) is 26.1 Å². The molecule has 0 rings (SSSR count). The largest absolute Gasteiger partial charge is 0.313 e. The molecule has 12 heavy (non-hydrogen) atoms. The van der Waals surface area contributed by atoms with Crippen molar-refractivity contribution in [1.29, 1.82) is 0 Å². The van der Waals surface area contributed by atoms with Crippen molar-refractivity contribution >= 4 is 0 Å². The SMILES string of the molecule is C=C(C)/C=C\C(=C)C(CC)NC. The van der Waals surface area contributed by atoms with Crippen LogP contribution in [0.25, 0.3) is 0 Å². The first kappa shape index (κ1) is 11.2. The minimum absolute atomic E-state index is 0.389. The van der Waals surface area contributed by atoms with Crippen LogP contribution in [-0.4, -0.2) is 13.1 Å². The molecule has 0 aromatic carbocycles. The highest BCUT2D eigenvalue weighted by Gasteiger charge is 2.02. The van der Waals surface area contributed by atoms with Crippen LogP contribution in [0.4, 0.5) is 0 Å². The van der Waals surface area contributed by atoms with Crippen LogP contribution in [0.3, 0.4) is 0 Å². The first-order valence-corrected chi connectivity index (χ1v) is 4.31. The molecule has 0 aliphatic heterocycles. The van der Waals surface area contributed by atoms with E-state index in [-0.39, 0.29) is 0 Å². The standard InChI is InChI=1S/C11H19N/c1-6-11(12-5)10(4)8-7-9(2)3/h7-8,11-12H,2,4,6H2,1,3,5H3/b8-7-. The molecule has 0 aromatic rings. The molecule has 0 aliphatic rings. The minimum Gasteiger partial charge on any atom is -0.313 e. The molecule has 68 valence electrons. The lowest BCUT2D eigenvalue weighted by molar-refractivity contribution is 0.629. The fourth-order valence-electron chi connectivity index (χ4n) is 1.02. The smallest absolute Gasteiger partial charge is 0.0309 e. The predicted molar refractivity (Wildman–Crippen MR) is 56.2 cm³/mol. The average Bonchev–Trinajstić information content (AvgIpc) is 2.03. The monoisotopic (exact) mass is 165 g/mol. The van der Waals surface area contributed by atoms with Gasteiger partial charge in [-0.15, -0.1) is 0 Å². The van der Waals surface area contributed by atoms with Gasteiger partial charge in [-0.05, 0) is 26.0 Å². The zero-order chi connectivity index (χ0) is 9.56. The summed E-state index contributed by atoms with van der Waals surface area (Å²) in [7, 11) is 1.95. The van der Waals surface area contributed by atoms with Gasteiger partial charge in [-0.2, -0.15) is 0 Å². The maximum absolute atomic E-state index is 3.98. The molecule has 0 aliphatic carbocycles. The molecule has 0 aromatic heterocycles. The molecule has 1 atom stereocenters. The van der Waals surface area contributed by atoms with Crippen molar-refractivity contribution in [1.82, 2.24) is 5.32 Å². The average molecular weight is 165 g/mol. The lowest BCUT2D eigenvalue weighted by Gasteiger charge is -2.13. The molecular formula is C11H19N. The number of likely N-dealkylation sites (N-methyl/N-ethyl adjacent to an activating group) is 1. The van der Waals surface area contributed by atoms with Gasteiger partial charge in [0.1, 0.15) is 0 Å². The van der Waals surface area contributed by atoms with Gasteiger partial charge in [0.15, 0.2) is 0 Å². The van der Waals surface area contributed by atoms with Crippen LogP contribution in [0.1, 0.15) is 20.3 Å². The van der Waals surface area contributed by atoms with Crippen molar-refractivity contribution in [3.63, 3.8) is 0 Å². The van der Waals surface area contributed by atoms with Crippen LogP contribution in [0.5, 0.6) is 0 Å². The Hall–Kier alpha value is -0.820. The molecule has 1 N–H and O–H groups in total. The van der Waals surface area contributed by atoms with Gasteiger partial charge >= 0.3 is 0 Å². The van der Waals surface area contributed by atoms with E-state index >= 15 is 0 Å². The first-order chi connectivity index (χ1) is 5.61. The van der Waals surface area contributed by atoms with Crippen LogP contribution in [0, 0.1) is 0 Å². The highest BCUT2D eigenvalue weighted by molar-refractivity contribution is 5.26. The number of hydrogen-bond donors (Lipinski definition) is 1. The molecular weight excluding hydrogens is 146 g/mol. The third-order valence-electron chi connectivity index (χ3n) is 1.79. The van der Waals surface area contributed by atoms with Gasteiger partial charge in [-0.1, -0.05) is 37.8 Å². The van der Waals surface area contributed by atoms with Crippen molar-refractivity contribution in [2.24, 2.45) is 0 Å². The number of allylic oxidation sites excluding steroid dienone is 2. The Morgan fingerprint density at radius 2 is 2.00 bits per heavy atom. The van der Waals surface area contributed by atoms with E-state index in [1.165, 1.54) is 0 Å². The Labute approximate surface area is 75.9 Å². The third-order valence-corrected chi connectivity index (χ3v) is 1.79. The van der Waals surface area contributed by atoms with Crippen molar-refractivity contribution in [2.75, 3.05) is 7.05 Å². The first-order valence-electron chi connectivity index (χ1n) is 4.31. The summed E-state index contributed by atoms with van der Waals surface area (Å²) >= 11 is 0. The minimum atomic E-state index is 0.389. The van der Waals surface area contributed by atoms with Crippen molar-refractivity contribution in [2.45, 2.75) is 26.3 Å². The fraction of sp³-hybridized carbons (Fsp3) is 0.455. The van der Waals surface area contributed by atoms with E-state index in [9.17, 15) is 0 Å². The summed E-state index contributed by atoms with van der Waals surface area (Å²) in [4.78, 5) is 0. The molecule has 0 saturated heterocycles. The summed E-state index contributed by atoms with van der Waals surface area (Å²) in [5, 5.41) is 3.19. The van der Waals surface area contributed by atoms with Crippen molar-refractivity contribution in [3.05, 3.63) is 36.5 Å². The third kappa shape index (κ3) is 4.14. The van der Waals surface area contributed by atoms with Crippen molar-refractivity contribution in [3.8, 4) is 0 Å². The molecule has 0 radical (unpaired) electrons. The Bertz CT molecular complexity index is 185. The van der Waals surface area contributed by atoms with Crippen LogP contribution in [0.2, 0.25) is 0 Å². The molecule has 0 spiro atoms. The van der Waals surface area contributed by atoms with Crippen LogP contribution in [0.15, 0.2) is 36.5 Å². The van der Waals surface area contributed by atoms with Crippen LogP contribution < -0.4 is 5.32 Å². The lowest BCUT2D eigenvalue weighted by Crippen LogP contribution is -2.25. The Morgan fingerprint density at radius 3 is 2.33 bits per heavy atom. The highest BCUT2D eigenvalue weighted by atomic mass is 14.9. The molecule has 0 bridgehead atoms. The normalized spacial score (nSPS) is 13.2. The second kappa shape index (κ2) is 5.78. The van der Waals surface area contributed by atoms with Crippen LogP contribution in [-0.2, 0) is 0 Å². The molecule has 0 fully saturated rings. The summed E-state index contributed by atoms with van der Waals surface area (Å²) in [6.07, 6.45) is 5.07. The molecule has 0 saturated carbocycles. The zero-order valence-electron chi connectivity index (χ0n) is 8.35. The van der Waals surface area contributed by atoms with Gasteiger partial charge < -0.3 is 5.32 Å². The predicted octanol–water partition coefficient (Wildman–Crippen LogP) is 2.67. The summed E-state index contributed by atoms with van der Waals surface area (Å²) in [6, 6.07) is 0.389. The second-order valence-corrected chi connectivity index (χ2v) is 3.00. The van der Waals surface area contributed by atoms with E-state index < -0.39 is 0 Å². The highest BCUT2D eigenvalue weighted by Crippen LogP contribution is 2.06. The van der Waals surface area contributed by atoms with E-state index in [1.54, 1.807) is 0 Å². The molecule has 1 nitrogen and oxygen atoms in total. The van der Waals surface area contributed by atoms with Crippen molar-refractivity contribution < 1.29 is 0 Å². The van der Waals surface area contributed by atoms with E-state index in [2.05, 4.69) is 25.4 Å².